The first-order chi connectivity index (χ1) is 7.41. The summed E-state index contributed by atoms with van der Waals surface area (Å²) in [6.07, 6.45) is 0. The first-order valence-corrected chi connectivity index (χ1v) is 5.94. The molecule has 1 aromatic rings. The largest absolute Gasteiger partial charge is 0.481 e. The van der Waals surface area contributed by atoms with Gasteiger partial charge in [0, 0.05) is 11.0 Å². The minimum absolute atomic E-state index is 0.396. The van der Waals surface area contributed by atoms with Crippen LogP contribution in [0.5, 0.6) is 0 Å². The zero-order chi connectivity index (χ0) is 12.3. The fraction of sp³-hybridized carbons (Fsp3) is 0.417. The summed E-state index contributed by atoms with van der Waals surface area (Å²) in [6, 6.07) is 4.08. The van der Waals surface area contributed by atoms with Crippen LogP contribution in [0.1, 0.15) is 18.1 Å². The van der Waals surface area contributed by atoms with E-state index in [1.54, 1.807) is 6.92 Å². The molecule has 4 heteroatoms. The van der Waals surface area contributed by atoms with E-state index in [1.807, 2.05) is 19.9 Å². The third-order valence-electron chi connectivity index (χ3n) is 2.44. The van der Waals surface area contributed by atoms with E-state index >= 15 is 0 Å². The number of halogens is 1. The van der Waals surface area contributed by atoms with E-state index in [0.717, 1.165) is 15.7 Å². The number of carboxylic acids is 1. The van der Waals surface area contributed by atoms with E-state index in [1.165, 1.54) is 5.56 Å². The standard InChI is InChI=1S/C12H16BrNO2/c1-7-4-8(2)11(10(13)5-7)14-6-9(3)12(15)16/h4-5,9,14H,6H2,1-3H3,(H,15,16). The highest BCUT2D eigenvalue weighted by molar-refractivity contribution is 9.10. The molecule has 0 aromatic heterocycles. The fourth-order valence-corrected chi connectivity index (χ4v) is 2.30. The number of anilines is 1. The van der Waals surface area contributed by atoms with Crippen LogP contribution in [-0.4, -0.2) is 17.6 Å². The van der Waals surface area contributed by atoms with E-state index in [2.05, 4.69) is 27.3 Å². The molecule has 0 saturated carbocycles. The number of aliphatic carboxylic acids is 1. The number of rotatable bonds is 4. The van der Waals surface area contributed by atoms with E-state index in [0.29, 0.717) is 6.54 Å². The number of aryl methyl sites for hydroxylation is 2. The third-order valence-corrected chi connectivity index (χ3v) is 3.06. The molecule has 0 bridgehead atoms. The summed E-state index contributed by atoms with van der Waals surface area (Å²) in [4.78, 5) is 10.7. The second-order valence-electron chi connectivity index (χ2n) is 4.06. The molecule has 1 rings (SSSR count). The Hall–Kier alpha value is -1.03. The lowest BCUT2D eigenvalue weighted by molar-refractivity contribution is -0.140. The molecular formula is C12H16BrNO2. The SMILES string of the molecule is Cc1cc(C)c(NCC(C)C(=O)O)c(Br)c1. The predicted molar refractivity (Wildman–Crippen MR) is 68.9 cm³/mol. The minimum Gasteiger partial charge on any atom is -0.481 e. The van der Waals surface area contributed by atoms with Gasteiger partial charge in [-0.3, -0.25) is 4.79 Å². The lowest BCUT2D eigenvalue weighted by Crippen LogP contribution is -2.20. The molecule has 2 N–H and O–H groups in total. The van der Waals surface area contributed by atoms with Crippen molar-refractivity contribution in [3.8, 4) is 0 Å². The zero-order valence-electron chi connectivity index (χ0n) is 9.67. The van der Waals surface area contributed by atoms with Crippen LogP contribution in [0.4, 0.5) is 5.69 Å². The van der Waals surface area contributed by atoms with E-state index in [9.17, 15) is 4.79 Å². The zero-order valence-corrected chi connectivity index (χ0v) is 11.3. The summed E-state index contributed by atoms with van der Waals surface area (Å²) >= 11 is 3.48. The van der Waals surface area contributed by atoms with Crippen LogP contribution in [0.3, 0.4) is 0 Å². The molecule has 1 aromatic carbocycles. The van der Waals surface area contributed by atoms with Gasteiger partial charge in [0.25, 0.3) is 0 Å². The molecule has 3 nitrogen and oxygen atoms in total. The van der Waals surface area contributed by atoms with Crippen molar-refractivity contribution in [2.24, 2.45) is 5.92 Å². The summed E-state index contributed by atoms with van der Waals surface area (Å²) in [6.45, 7) is 6.15. The lowest BCUT2D eigenvalue weighted by atomic mass is 10.1. The van der Waals surface area contributed by atoms with Gasteiger partial charge in [0.1, 0.15) is 0 Å². The lowest BCUT2D eigenvalue weighted by Gasteiger charge is -2.14. The molecule has 0 radical (unpaired) electrons. The van der Waals surface area contributed by atoms with Gasteiger partial charge in [-0.25, -0.2) is 0 Å². The number of nitrogens with one attached hydrogen (secondary N) is 1. The van der Waals surface area contributed by atoms with Crippen LogP contribution in [0, 0.1) is 19.8 Å². The topological polar surface area (TPSA) is 49.3 Å². The quantitative estimate of drug-likeness (QED) is 0.893. The van der Waals surface area contributed by atoms with Crippen molar-refractivity contribution in [2.45, 2.75) is 20.8 Å². The molecule has 88 valence electrons. The van der Waals surface area contributed by atoms with Crippen molar-refractivity contribution in [3.05, 3.63) is 27.7 Å². The highest BCUT2D eigenvalue weighted by atomic mass is 79.9. The minimum atomic E-state index is -0.784. The van der Waals surface area contributed by atoms with Crippen molar-refractivity contribution in [1.82, 2.24) is 0 Å². The van der Waals surface area contributed by atoms with E-state index in [4.69, 9.17) is 5.11 Å². The Bertz CT molecular complexity index is 381. The summed E-state index contributed by atoms with van der Waals surface area (Å²) in [5.74, 6) is -1.18. The molecule has 0 saturated heterocycles. The van der Waals surface area contributed by atoms with Gasteiger partial charge < -0.3 is 10.4 Å². The van der Waals surface area contributed by atoms with Crippen molar-refractivity contribution in [3.63, 3.8) is 0 Å². The first-order valence-electron chi connectivity index (χ1n) is 5.15. The van der Waals surface area contributed by atoms with Crippen molar-refractivity contribution >= 4 is 27.6 Å². The third kappa shape index (κ3) is 3.23. The van der Waals surface area contributed by atoms with E-state index in [-0.39, 0.29) is 0 Å². The highest BCUT2D eigenvalue weighted by Gasteiger charge is 2.12. The van der Waals surface area contributed by atoms with Gasteiger partial charge in [-0.2, -0.15) is 0 Å². The number of hydrogen-bond acceptors (Lipinski definition) is 2. The van der Waals surface area contributed by atoms with Crippen LogP contribution in [0.25, 0.3) is 0 Å². The normalized spacial score (nSPS) is 12.2. The maximum atomic E-state index is 10.7. The van der Waals surface area contributed by atoms with Crippen molar-refractivity contribution in [2.75, 3.05) is 11.9 Å². The monoisotopic (exact) mass is 285 g/mol. The maximum absolute atomic E-state index is 10.7. The number of carbonyl (C=O) groups is 1. The molecule has 0 amide bonds. The van der Waals surface area contributed by atoms with Crippen LogP contribution >= 0.6 is 15.9 Å². The average Bonchev–Trinajstić information content (AvgIpc) is 2.15. The first kappa shape index (κ1) is 13.0. The van der Waals surface area contributed by atoms with Gasteiger partial charge in [-0.1, -0.05) is 13.0 Å². The molecule has 16 heavy (non-hydrogen) atoms. The molecular weight excluding hydrogens is 270 g/mol. The van der Waals surface area contributed by atoms with Crippen LogP contribution in [0.15, 0.2) is 16.6 Å². The van der Waals surface area contributed by atoms with Gasteiger partial charge in [0.2, 0.25) is 0 Å². The Morgan fingerprint density at radius 3 is 2.62 bits per heavy atom. The van der Waals surface area contributed by atoms with Gasteiger partial charge in [-0.15, -0.1) is 0 Å². The maximum Gasteiger partial charge on any atom is 0.308 e. The second kappa shape index (κ2) is 5.34. The summed E-state index contributed by atoms with van der Waals surface area (Å²) in [5.41, 5.74) is 3.27. The number of hydrogen-bond donors (Lipinski definition) is 2. The second-order valence-corrected chi connectivity index (χ2v) is 4.91. The van der Waals surface area contributed by atoms with Crippen molar-refractivity contribution in [1.29, 1.82) is 0 Å². The van der Waals surface area contributed by atoms with Crippen molar-refractivity contribution < 1.29 is 9.90 Å². The molecule has 0 aliphatic carbocycles. The molecule has 0 aliphatic rings. The smallest absolute Gasteiger partial charge is 0.308 e. The summed E-state index contributed by atoms with van der Waals surface area (Å²) < 4.78 is 0.975. The molecule has 0 spiro atoms. The Morgan fingerprint density at radius 1 is 1.50 bits per heavy atom. The molecule has 0 aliphatic heterocycles. The Morgan fingerprint density at radius 2 is 2.12 bits per heavy atom. The van der Waals surface area contributed by atoms with Crippen LogP contribution < -0.4 is 5.32 Å². The number of benzene rings is 1. The fourth-order valence-electron chi connectivity index (χ4n) is 1.48. The van der Waals surface area contributed by atoms with Gasteiger partial charge in [-0.05, 0) is 47.0 Å². The number of carboxylic acid groups (broad SMARTS) is 1. The average molecular weight is 286 g/mol. The summed E-state index contributed by atoms with van der Waals surface area (Å²) in [7, 11) is 0. The van der Waals surface area contributed by atoms with E-state index < -0.39 is 11.9 Å². The molecule has 0 heterocycles. The molecule has 0 fully saturated rings. The molecule has 1 atom stereocenters. The Kier molecular flexibility index (Phi) is 4.35. The molecule has 1 unspecified atom stereocenters. The van der Waals surface area contributed by atoms with Gasteiger partial charge in [0.05, 0.1) is 11.6 Å². The Labute approximate surface area is 104 Å². The van der Waals surface area contributed by atoms with Crippen LogP contribution in [-0.2, 0) is 4.79 Å². The highest BCUT2D eigenvalue weighted by Crippen LogP contribution is 2.27. The predicted octanol–water partition coefficient (Wildman–Crippen LogP) is 3.20. The van der Waals surface area contributed by atoms with Gasteiger partial charge in [0.15, 0.2) is 0 Å². The van der Waals surface area contributed by atoms with Crippen LogP contribution in [0.2, 0.25) is 0 Å². The van der Waals surface area contributed by atoms with Gasteiger partial charge >= 0.3 is 5.97 Å². The Balaban J connectivity index is 2.78. The summed E-state index contributed by atoms with van der Waals surface area (Å²) in [5, 5.41) is 12.0.